The Morgan fingerprint density at radius 3 is 2.62 bits per heavy atom. The fraction of sp³-hybridized carbons (Fsp3) is 0.429. The summed E-state index contributed by atoms with van der Waals surface area (Å²) in [4.78, 5) is 25.2. The van der Waals surface area contributed by atoms with Gasteiger partial charge in [0, 0.05) is 10.5 Å². The molecule has 1 aromatic rings. The van der Waals surface area contributed by atoms with Crippen molar-refractivity contribution >= 4 is 33.4 Å². The molecule has 1 aliphatic heterocycles. The Labute approximate surface area is 129 Å². The Kier molecular flexibility index (Phi) is 4.61. The molecular weight excluding hydrogens is 346 g/mol. The van der Waals surface area contributed by atoms with Gasteiger partial charge in [0.25, 0.3) is 0 Å². The molecule has 0 aromatic heterocycles. The van der Waals surface area contributed by atoms with E-state index in [1.165, 1.54) is 0 Å². The minimum absolute atomic E-state index is 0.103. The Hall–Kier alpha value is -1.50. The van der Waals surface area contributed by atoms with Gasteiger partial charge in [-0.3, -0.25) is 14.5 Å². The molecule has 1 unspecified atom stereocenters. The van der Waals surface area contributed by atoms with Crippen molar-refractivity contribution in [1.29, 1.82) is 0 Å². The van der Waals surface area contributed by atoms with Crippen LogP contribution in [0.15, 0.2) is 16.6 Å². The first kappa shape index (κ1) is 15.9. The molecule has 7 heteroatoms. The van der Waals surface area contributed by atoms with Gasteiger partial charge in [0.2, 0.25) is 11.8 Å². The van der Waals surface area contributed by atoms with Crippen LogP contribution >= 0.6 is 15.9 Å². The number of hydrogen-bond acceptors (Lipinski definition) is 2. The molecule has 2 amide bonds. The molecule has 1 aromatic carbocycles. The largest absolute Gasteiger partial charge is 0.343 e. The van der Waals surface area contributed by atoms with Crippen LogP contribution in [0, 0.1) is 17.6 Å². The molecule has 0 radical (unpaired) electrons. The molecule has 1 N–H and O–H groups in total. The third kappa shape index (κ3) is 3.40. The normalized spacial score (nSPS) is 19.1. The van der Waals surface area contributed by atoms with Crippen molar-refractivity contribution in [2.45, 2.75) is 26.3 Å². The van der Waals surface area contributed by atoms with E-state index in [0.717, 1.165) is 11.0 Å². The van der Waals surface area contributed by atoms with Gasteiger partial charge in [-0.15, -0.1) is 0 Å². The summed E-state index contributed by atoms with van der Waals surface area (Å²) in [6, 6.07) is 1.06. The van der Waals surface area contributed by atoms with Crippen molar-refractivity contribution in [2.24, 2.45) is 5.92 Å². The second kappa shape index (κ2) is 6.09. The molecule has 1 aliphatic rings. The molecule has 0 bridgehead atoms. The number of halogens is 3. The van der Waals surface area contributed by atoms with Gasteiger partial charge in [0.15, 0.2) is 5.82 Å². The van der Waals surface area contributed by atoms with Gasteiger partial charge in [-0.05, 0) is 34.3 Å². The zero-order valence-electron chi connectivity index (χ0n) is 11.6. The van der Waals surface area contributed by atoms with E-state index >= 15 is 0 Å². The second-order valence-electron chi connectivity index (χ2n) is 5.39. The van der Waals surface area contributed by atoms with E-state index in [9.17, 15) is 18.4 Å². The lowest BCUT2D eigenvalue weighted by Crippen LogP contribution is -2.58. The molecular formula is C14H15BrF2N2O2. The van der Waals surface area contributed by atoms with Gasteiger partial charge in [-0.2, -0.15) is 0 Å². The molecule has 2 rings (SSSR count). The van der Waals surface area contributed by atoms with Crippen LogP contribution in [0.4, 0.5) is 14.5 Å². The molecule has 1 saturated heterocycles. The van der Waals surface area contributed by atoms with Crippen LogP contribution in [0.1, 0.15) is 20.3 Å². The highest BCUT2D eigenvalue weighted by Crippen LogP contribution is 2.32. The number of benzene rings is 1. The van der Waals surface area contributed by atoms with Crippen LogP contribution in [0.2, 0.25) is 0 Å². The standard InChI is InChI=1S/C14H15BrF2N2O2/c1-7(2)3-11-14(21)19(6-12(20)18-11)13-9(15)4-8(16)5-10(13)17/h4-5,7,11H,3,6H2,1-2H3,(H,18,20). The second-order valence-corrected chi connectivity index (χ2v) is 6.25. The Morgan fingerprint density at radius 1 is 1.38 bits per heavy atom. The van der Waals surface area contributed by atoms with Crippen LogP contribution in [-0.4, -0.2) is 24.4 Å². The topological polar surface area (TPSA) is 49.4 Å². The van der Waals surface area contributed by atoms with Crippen LogP contribution in [0.3, 0.4) is 0 Å². The number of nitrogens with one attached hydrogen (secondary N) is 1. The summed E-state index contributed by atoms with van der Waals surface area (Å²) in [5.41, 5.74) is -0.106. The van der Waals surface area contributed by atoms with E-state index in [1.54, 1.807) is 0 Å². The van der Waals surface area contributed by atoms with E-state index in [4.69, 9.17) is 0 Å². The van der Waals surface area contributed by atoms with E-state index in [-0.39, 0.29) is 28.5 Å². The Balaban J connectivity index is 2.38. The van der Waals surface area contributed by atoms with E-state index in [0.29, 0.717) is 12.5 Å². The first-order valence-corrected chi connectivity index (χ1v) is 7.34. The maximum atomic E-state index is 14.0. The number of amides is 2. The van der Waals surface area contributed by atoms with Crippen molar-refractivity contribution in [1.82, 2.24) is 5.32 Å². The molecule has 1 atom stereocenters. The lowest BCUT2D eigenvalue weighted by molar-refractivity contribution is -0.131. The van der Waals surface area contributed by atoms with Gasteiger partial charge in [-0.25, -0.2) is 8.78 Å². The van der Waals surface area contributed by atoms with Crippen LogP contribution in [0.25, 0.3) is 0 Å². The number of nitrogens with zero attached hydrogens (tertiary/aromatic N) is 1. The van der Waals surface area contributed by atoms with Crippen LogP contribution in [0.5, 0.6) is 0 Å². The molecule has 0 saturated carbocycles. The molecule has 4 nitrogen and oxygen atoms in total. The summed E-state index contributed by atoms with van der Waals surface area (Å²) < 4.78 is 27.2. The van der Waals surface area contributed by atoms with Gasteiger partial charge in [0.1, 0.15) is 18.4 Å². The fourth-order valence-electron chi connectivity index (χ4n) is 2.32. The smallest absolute Gasteiger partial charge is 0.250 e. The Bertz CT molecular complexity index is 569. The third-order valence-corrected chi connectivity index (χ3v) is 3.76. The van der Waals surface area contributed by atoms with Gasteiger partial charge >= 0.3 is 0 Å². The first-order valence-electron chi connectivity index (χ1n) is 6.55. The van der Waals surface area contributed by atoms with Gasteiger partial charge in [-0.1, -0.05) is 13.8 Å². The molecule has 1 fully saturated rings. The van der Waals surface area contributed by atoms with E-state index < -0.39 is 23.6 Å². The lowest BCUT2D eigenvalue weighted by Gasteiger charge is -2.33. The zero-order chi connectivity index (χ0) is 15.7. The maximum Gasteiger partial charge on any atom is 0.250 e. The van der Waals surface area contributed by atoms with Crippen molar-refractivity contribution in [3.05, 3.63) is 28.2 Å². The highest BCUT2D eigenvalue weighted by atomic mass is 79.9. The predicted octanol–water partition coefficient (Wildman–Crippen LogP) is 2.60. The number of hydrogen-bond donors (Lipinski definition) is 1. The summed E-state index contributed by atoms with van der Waals surface area (Å²) >= 11 is 3.05. The number of rotatable bonds is 3. The summed E-state index contributed by atoms with van der Waals surface area (Å²) in [6.07, 6.45) is 0.460. The highest BCUT2D eigenvalue weighted by molar-refractivity contribution is 9.10. The van der Waals surface area contributed by atoms with Crippen molar-refractivity contribution < 1.29 is 18.4 Å². The van der Waals surface area contributed by atoms with Crippen LogP contribution in [-0.2, 0) is 9.59 Å². The molecule has 0 aliphatic carbocycles. The highest BCUT2D eigenvalue weighted by Gasteiger charge is 2.36. The molecule has 0 spiro atoms. The minimum atomic E-state index is -0.881. The SMILES string of the molecule is CC(C)CC1NC(=O)CN(c2c(F)cc(F)cc2Br)C1=O. The fourth-order valence-corrected chi connectivity index (χ4v) is 2.95. The average molecular weight is 361 g/mol. The van der Waals surface area contributed by atoms with Gasteiger partial charge in [0.05, 0.1) is 5.69 Å². The summed E-state index contributed by atoms with van der Waals surface area (Å²) in [6.45, 7) is 3.56. The van der Waals surface area contributed by atoms with Crippen molar-refractivity contribution in [3.63, 3.8) is 0 Å². The van der Waals surface area contributed by atoms with E-state index in [2.05, 4.69) is 21.2 Å². The minimum Gasteiger partial charge on any atom is -0.343 e. The first-order chi connectivity index (χ1) is 9.79. The molecule has 1 heterocycles. The Morgan fingerprint density at radius 2 is 2.05 bits per heavy atom. The van der Waals surface area contributed by atoms with Gasteiger partial charge < -0.3 is 5.32 Å². The molecule has 114 valence electrons. The lowest BCUT2D eigenvalue weighted by atomic mass is 10.0. The summed E-state index contributed by atoms with van der Waals surface area (Å²) in [5, 5.41) is 2.61. The summed E-state index contributed by atoms with van der Waals surface area (Å²) in [7, 11) is 0. The van der Waals surface area contributed by atoms with E-state index in [1.807, 2.05) is 13.8 Å². The summed E-state index contributed by atoms with van der Waals surface area (Å²) in [5.74, 6) is -2.20. The number of piperazine rings is 1. The number of carbonyl (C=O) groups excluding carboxylic acids is 2. The monoisotopic (exact) mass is 360 g/mol. The van der Waals surface area contributed by atoms with Crippen molar-refractivity contribution in [2.75, 3.05) is 11.4 Å². The predicted molar refractivity (Wildman–Crippen MR) is 77.8 cm³/mol. The average Bonchev–Trinajstić information content (AvgIpc) is 2.32. The number of anilines is 1. The third-order valence-electron chi connectivity index (χ3n) is 3.16. The zero-order valence-corrected chi connectivity index (χ0v) is 13.2. The quantitative estimate of drug-likeness (QED) is 0.900. The number of carbonyl (C=O) groups is 2. The van der Waals surface area contributed by atoms with Crippen molar-refractivity contribution in [3.8, 4) is 0 Å². The maximum absolute atomic E-state index is 14.0. The van der Waals surface area contributed by atoms with Crippen LogP contribution < -0.4 is 10.2 Å². The molecule has 21 heavy (non-hydrogen) atoms.